The van der Waals surface area contributed by atoms with Crippen molar-refractivity contribution in [2.45, 2.75) is 53.1 Å². The highest BCUT2D eigenvalue weighted by atomic mass is 16.2. The maximum Gasteiger partial charge on any atom is 0.254 e. The number of benzene rings is 2. The van der Waals surface area contributed by atoms with E-state index in [4.69, 9.17) is 0 Å². The number of hydrogen-bond donors (Lipinski definition) is 1. The third kappa shape index (κ3) is 5.83. The van der Waals surface area contributed by atoms with E-state index in [1.807, 2.05) is 80.2 Å². The summed E-state index contributed by atoms with van der Waals surface area (Å²) in [4.78, 5) is 29.1. The van der Waals surface area contributed by atoms with E-state index in [1.165, 1.54) is 0 Å². The first-order chi connectivity index (χ1) is 13.8. The second-order valence-electron chi connectivity index (χ2n) is 7.70. The highest BCUT2D eigenvalue weighted by Crippen LogP contribution is 2.26. The monoisotopic (exact) mass is 395 g/mol. The zero-order valence-electron chi connectivity index (χ0n) is 18.5. The molecule has 2 aromatic carbocycles. The summed E-state index contributed by atoms with van der Waals surface area (Å²) in [5.74, 6) is -0.000995. The Labute approximate surface area is 174 Å². The van der Waals surface area contributed by atoms with Gasteiger partial charge in [-0.05, 0) is 56.2 Å². The molecular formula is C24H33N3O2. The van der Waals surface area contributed by atoms with Crippen molar-refractivity contribution in [2.75, 3.05) is 24.3 Å². The van der Waals surface area contributed by atoms with Crippen LogP contribution in [0.15, 0.2) is 42.5 Å². The van der Waals surface area contributed by atoms with Gasteiger partial charge in [0.15, 0.2) is 0 Å². The third-order valence-electron chi connectivity index (χ3n) is 5.16. The van der Waals surface area contributed by atoms with Gasteiger partial charge in [0.2, 0.25) is 5.91 Å². The van der Waals surface area contributed by atoms with Crippen LogP contribution >= 0.6 is 0 Å². The molecule has 0 aromatic heterocycles. The number of carbonyl (C=O) groups is 2. The van der Waals surface area contributed by atoms with Crippen molar-refractivity contribution in [1.29, 1.82) is 0 Å². The van der Waals surface area contributed by atoms with Crippen molar-refractivity contribution in [1.82, 2.24) is 4.90 Å². The summed E-state index contributed by atoms with van der Waals surface area (Å²) in [7, 11) is 3.97. The van der Waals surface area contributed by atoms with Gasteiger partial charge in [0.25, 0.3) is 5.91 Å². The summed E-state index contributed by atoms with van der Waals surface area (Å²) in [5.41, 5.74) is 4.56. The van der Waals surface area contributed by atoms with Crippen molar-refractivity contribution in [2.24, 2.45) is 0 Å². The number of aryl methyl sites for hydroxylation is 1. The molecule has 2 amide bonds. The molecule has 29 heavy (non-hydrogen) atoms. The lowest BCUT2D eigenvalue weighted by Gasteiger charge is -2.31. The lowest BCUT2D eigenvalue weighted by Crippen LogP contribution is -2.38. The van der Waals surface area contributed by atoms with Crippen LogP contribution in [0.2, 0.25) is 0 Å². The van der Waals surface area contributed by atoms with Crippen LogP contribution in [-0.4, -0.2) is 36.9 Å². The summed E-state index contributed by atoms with van der Waals surface area (Å²) in [6.07, 6.45) is 1.29. The second kappa shape index (κ2) is 10.1. The van der Waals surface area contributed by atoms with E-state index in [0.29, 0.717) is 18.5 Å². The van der Waals surface area contributed by atoms with Crippen LogP contribution in [0.5, 0.6) is 0 Å². The molecule has 0 heterocycles. The average molecular weight is 396 g/mol. The SMILES string of the molecule is CCC(=O)Nc1ccc(N(C)C)c(CN(C(=O)c2cccc(C)c2)[C@@H](C)CC)c1. The van der Waals surface area contributed by atoms with Crippen LogP contribution in [0, 0.1) is 6.92 Å². The van der Waals surface area contributed by atoms with Gasteiger partial charge in [-0.1, -0.05) is 31.5 Å². The van der Waals surface area contributed by atoms with Crippen molar-refractivity contribution >= 4 is 23.2 Å². The minimum atomic E-state index is -0.0248. The van der Waals surface area contributed by atoms with Crippen LogP contribution in [-0.2, 0) is 11.3 Å². The lowest BCUT2D eigenvalue weighted by atomic mass is 10.1. The molecule has 156 valence electrons. The van der Waals surface area contributed by atoms with E-state index < -0.39 is 0 Å². The Hall–Kier alpha value is -2.82. The smallest absolute Gasteiger partial charge is 0.254 e. The Kier molecular flexibility index (Phi) is 7.82. The highest BCUT2D eigenvalue weighted by Gasteiger charge is 2.22. The minimum absolute atomic E-state index is 0.0238. The van der Waals surface area contributed by atoms with E-state index in [-0.39, 0.29) is 17.9 Å². The molecule has 2 aromatic rings. The van der Waals surface area contributed by atoms with Crippen LogP contribution in [0.4, 0.5) is 11.4 Å². The molecule has 1 atom stereocenters. The summed E-state index contributed by atoms with van der Waals surface area (Å²) < 4.78 is 0. The maximum atomic E-state index is 13.3. The van der Waals surface area contributed by atoms with Crippen LogP contribution in [0.3, 0.4) is 0 Å². The second-order valence-corrected chi connectivity index (χ2v) is 7.70. The molecule has 0 saturated heterocycles. The summed E-state index contributed by atoms with van der Waals surface area (Å²) >= 11 is 0. The van der Waals surface area contributed by atoms with Crippen LogP contribution in [0.1, 0.15) is 55.1 Å². The molecule has 5 nitrogen and oxygen atoms in total. The Morgan fingerprint density at radius 2 is 1.79 bits per heavy atom. The van der Waals surface area contributed by atoms with Gasteiger partial charge < -0.3 is 15.1 Å². The lowest BCUT2D eigenvalue weighted by molar-refractivity contribution is -0.115. The first-order valence-electron chi connectivity index (χ1n) is 10.2. The van der Waals surface area contributed by atoms with Gasteiger partial charge in [0.05, 0.1) is 0 Å². The van der Waals surface area contributed by atoms with E-state index >= 15 is 0 Å². The van der Waals surface area contributed by atoms with Crippen molar-refractivity contribution in [3.63, 3.8) is 0 Å². The summed E-state index contributed by atoms with van der Waals surface area (Å²) in [5, 5.41) is 2.92. The number of rotatable bonds is 8. The van der Waals surface area contributed by atoms with Crippen LogP contribution < -0.4 is 10.2 Å². The first kappa shape index (κ1) is 22.5. The number of nitrogens with zero attached hydrogens (tertiary/aromatic N) is 2. The number of amides is 2. The van der Waals surface area contributed by atoms with E-state index in [1.54, 1.807) is 0 Å². The molecule has 0 aliphatic carbocycles. The summed E-state index contributed by atoms with van der Waals surface area (Å²) in [6.45, 7) is 8.47. The first-order valence-corrected chi connectivity index (χ1v) is 10.2. The fourth-order valence-corrected chi connectivity index (χ4v) is 3.25. The zero-order valence-corrected chi connectivity index (χ0v) is 18.5. The normalized spacial score (nSPS) is 11.7. The molecule has 0 spiro atoms. The van der Waals surface area contributed by atoms with Gasteiger partial charge in [-0.15, -0.1) is 0 Å². The fourth-order valence-electron chi connectivity index (χ4n) is 3.25. The number of carbonyl (C=O) groups excluding carboxylic acids is 2. The Morgan fingerprint density at radius 1 is 1.07 bits per heavy atom. The zero-order chi connectivity index (χ0) is 21.6. The van der Waals surface area contributed by atoms with Crippen molar-refractivity contribution in [3.8, 4) is 0 Å². The Bertz CT molecular complexity index is 861. The predicted molar refractivity (Wildman–Crippen MR) is 120 cm³/mol. The van der Waals surface area contributed by atoms with Crippen molar-refractivity contribution < 1.29 is 9.59 Å². The molecule has 0 fully saturated rings. The third-order valence-corrected chi connectivity index (χ3v) is 5.16. The molecule has 0 saturated carbocycles. The van der Waals surface area contributed by atoms with Gasteiger partial charge in [-0.25, -0.2) is 0 Å². The van der Waals surface area contributed by atoms with E-state index in [0.717, 1.165) is 28.9 Å². The largest absolute Gasteiger partial charge is 0.377 e. The van der Waals surface area contributed by atoms with E-state index in [9.17, 15) is 9.59 Å². The number of anilines is 2. The van der Waals surface area contributed by atoms with Gasteiger partial charge >= 0.3 is 0 Å². The number of hydrogen-bond acceptors (Lipinski definition) is 3. The van der Waals surface area contributed by atoms with Gasteiger partial charge in [-0.2, -0.15) is 0 Å². The molecule has 0 aliphatic rings. The standard InChI is InChI=1S/C24H33N3O2/c1-7-18(4)27(24(29)19-11-9-10-17(3)14-19)16-20-15-21(25-23(28)8-2)12-13-22(20)26(5)6/h9-15,18H,7-8,16H2,1-6H3,(H,25,28)/t18-/m0/s1. The minimum Gasteiger partial charge on any atom is -0.377 e. The van der Waals surface area contributed by atoms with Crippen LogP contribution in [0.25, 0.3) is 0 Å². The predicted octanol–water partition coefficient (Wildman–Crippen LogP) is 4.85. The Balaban J connectivity index is 2.42. The van der Waals surface area contributed by atoms with Gasteiger partial charge in [-0.3, -0.25) is 9.59 Å². The molecule has 2 rings (SSSR count). The molecular weight excluding hydrogens is 362 g/mol. The molecule has 0 aliphatic heterocycles. The quantitative estimate of drug-likeness (QED) is 0.695. The summed E-state index contributed by atoms with van der Waals surface area (Å²) in [6, 6.07) is 13.7. The van der Waals surface area contributed by atoms with Gasteiger partial charge in [0, 0.05) is 50.0 Å². The topological polar surface area (TPSA) is 52.7 Å². The van der Waals surface area contributed by atoms with E-state index in [2.05, 4.69) is 19.2 Å². The highest BCUT2D eigenvalue weighted by molar-refractivity contribution is 5.95. The molecule has 5 heteroatoms. The molecule has 1 N–H and O–H groups in total. The molecule has 0 radical (unpaired) electrons. The van der Waals surface area contributed by atoms with Crippen molar-refractivity contribution in [3.05, 3.63) is 59.2 Å². The average Bonchev–Trinajstić information content (AvgIpc) is 2.70. The fraction of sp³-hybridized carbons (Fsp3) is 0.417. The Morgan fingerprint density at radius 3 is 2.38 bits per heavy atom. The molecule has 0 bridgehead atoms. The maximum absolute atomic E-state index is 13.3. The number of nitrogens with one attached hydrogen (secondary N) is 1. The molecule has 0 unspecified atom stereocenters. The van der Waals surface area contributed by atoms with Gasteiger partial charge in [0.1, 0.15) is 0 Å².